The standard InChI is InChI=1S/C22H19N3O4/c1-27-12-4-5-17-14(8-12)15(22(26)23-17)9-18-16-6-11-7-19(28-2)20(29-3)10-13(11)21(16)25-24-18/h4-5,7-10H,6H2,1-3H3,(H,23,26)(H,24,25)/b15-9-. The molecule has 2 heterocycles. The van der Waals surface area contributed by atoms with Crippen LogP contribution in [-0.4, -0.2) is 37.4 Å². The zero-order valence-corrected chi connectivity index (χ0v) is 16.3. The molecule has 0 fully saturated rings. The van der Waals surface area contributed by atoms with E-state index < -0.39 is 0 Å². The number of H-pyrrole nitrogens is 1. The number of carbonyl (C=O) groups is 1. The molecule has 0 radical (unpaired) electrons. The highest BCUT2D eigenvalue weighted by molar-refractivity contribution is 6.35. The number of carbonyl (C=O) groups excluding carboxylic acids is 1. The number of fused-ring (bicyclic) bond motifs is 4. The minimum absolute atomic E-state index is 0.143. The van der Waals surface area contributed by atoms with Gasteiger partial charge in [-0.3, -0.25) is 9.89 Å². The second-order valence-corrected chi connectivity index (χ2v) is 6.93. The van der Waals surface area contributed by atoms with Crippen LogP contribution in [0, 0.1) is 0 Å². The van der Waals surface area contributed by atoms with Crippen LogP contribution in [0.1, 0.15) is 22.4 Å². The highest BCUT2D eigenvalue weighted by atomic mass is 16.5. The lowest BCUT2D eigenvalue weighted by molar-refractivity contribution is -0.110. The van der Waals surface area contributed by atoms with Gasteiger partial charge in [-0.2, -0.15) is 5.10 Å². The first-order valence-electron chi connectivity index (χ1n) is 9.17. The Morgan fingerprint density at radius 1 is 1.00 bits per heavy atom. The maximum Gasteiger partial charge on any atom is 0.256 e. The molecule has 2 aromatic carbocycles. The molecular formula is C22H19N3O4. The van der Waals surface area contributed by atoms with Gasteiger partial charge in [0.05, 0.1) is 38.3 Å². The van der Waals surface area contributed by atoms with E-state index in [0.717, 1.165) is 39.3 Å². The van der Waals surface area contributed by atoms with Crippen molar-refractivity contribution in [2.75, 3.05) is 26.6 Å². The van der Waals surface area contributed by atoms with Gasteiger partial charge in [-0.15, -0.1) is 0 Å². The molecule has 0 bridgehead atoms. The number of nitrogens with one attached hydrogen (secondary N) is 2. The van der Waals surface area contributed by atoms with Crippen LogP contribution in [0.25, 0.3) is 22.9 Å². The number of rotatable bonds is 4. The Bertz CT molecular complexity index is 1190. The summed E-state index contributed by atoms with van der Waals surface area (Å²) < 4.78 is 16.2. The molecule has 0 spiro atoms. The molecule has 1 aliphatic heterocycles. The fourth-order valence-corrected chi connectivity index (χ4v) is 3.96. The molecule has 0 saturated carbocycles. The smallest absolute Gasteiger partial charge is 0.256 e. The molecule has 2 N–H and O–H groups in total. The summed E-state index contributed by atoms with van der Waals surface area (Å²) in [5.74, 6) is 1.91. The van der Waals surface area contributed by atoms with E-state index in [-0.39, 0.29) is 5.91 Å². The summed E-state index contributed by atoms with van der Waals surface area (Å²) in [4.78, 5) is 12.6. The third kappa shape index (κ3) is 2.58. The van der Waals surface area contributed by atoms with Crippen molar-refractivity contribution < 1.29 is 19.0 Å². The zero-order chi connectivity index (χ0) is 20.1. The van der Waals surface area contributed by atoms with Crippen molar-refractivity contribution in [2.45, 2.75) is 6.42 Å². The molecule has 0 unspecified atom stereocenters. The fourth-order valence-electron chi connectivity index (χ4n) is 3.96. The first-order valence-corrected chi connectivity index (χ1v) is 9.17. The molecule has 146 valence electrons. The van der Waals surface area contributed by atoms with Crippen LogP contribution in [-0.2, 0) is 11.2 Å². The lowest BCUT2D eigenvalue weighted by atomic mass is 10.0. The Morgan fingerprint density at radius 3 is 2.55 bits per heavy atom. The molecule has 2 aliphatic rings. The second kappa shape index (κ2) is 6.41. The third-order valence-electron chi connectivity index (χ3n) is 5.43. The van der Waals surface area contributed by atoms with Gasteiger partial charge in [0.25, 0.3) is 5.91 Å². The average Bonchev–Trinajstić information content (AvgIpc) is 3.39. The SMILES string of the molecule is COc1ccc2c(c1)/C(=C/c1[nH]nc3c1Cc1cc(OC)c(OC)cc1-3)C(=O)N2. The average molecular weight is 389 g/mol. The summed E-state index contributed by atoms with van der Waals surface area (Å²) in [6.07, 6.45) is 2.56. The topological polar surface area (TPSA) is 85.5 Å². The number of anilines is 1. The molecule has 7 nitrogen and oxygen atoms in total. The van der Waals surface area contributed by atoms with E-state index in [1.54, 1.807) is 21.3 Å². The summed E-state index contributed by atoms with van der Waals surface area (Å²) in [6, 6.07) is 9.46. The van der Waals surface area contributed by atoms with Gasteiger partial charge in [0, 0.05) is 28.8 Å². The predicted octanol–water partition coefficient (Wildman–Crippen LogP) is 3.50. The van der Waals surface area contributed by atoms with Crippen molar-refractivity contribution in [1.82, 2.24) is 10.2 Å². The number of amides is 1. The van der Waals surface area contributed by atoms with E-state index in [4.69, 9.17) is 14.2 Å². The molecule has 0 saturated heterocycles. The van der Waals surface area contributed by atoms with Crippen LogP contribution in [0.3, 0.4) is 0 Å². The van der Waals surface area contributed by atoms with Gasteiger partial charge in [-0.25, -0.2) is 0 Å². The first-order chi connectivity index (χ1) is 14.1. The Labute approximate surface area is 167 Å². The molecule has 0 atom stereocenters. The number of aromatic amines is 1. The molecule has 7 heteroatoms. The second-order valence-electron chi connectivity index (χ2n) is 6.93. The number of methoxy groups -OCH3 is 3. The predicted molar refractivity (Wildman–Crippen MR) is 109 cm³/mol. The van der Waals surface area contributed by atoms with Crippen LogP contribution < -0.4 is 19.5 Å². The molecule has 1 amide bonds. The Balaban J connectivity index is 1.58. The van der Waals surface area contributed by atoms with Gasteiger partial charge >= 0.3 is 0 Å². The fraction of sp³-hybridized carbons (Fsp3) is 0.182. The number of nitrogens with zero attached hydrogens (tertiary/aromatic N) is 1. The number of hydrogen-bond donors (Lipinski definition) is 2. The number of hydrogen-bond acceptors (Lipinski definition) is 5. The molecule has 3 aromatic rings. The summed E-state index contributed by atoms with van der Waals surface area (Å²) in [5, 5.41) is 10.5. The molecular weight excluding hydrogens is 370 g/mol. The van der Waals surface area contributed by atoms with Crippen LogP contribution in [0.15, 0.2) is 30.3 Å². The van der Waals surface area contributed by atoms with E-state index in [1.165, 1.54) is 0 Å². The third-order valence-corrected chi connectivity index (χ3v) is 5.43. The van der Waals surface area contributed by atoms with Crippen molar-refractivity contribution in [3.63, 3.8) is 0 Å². The number of ether oxygens (including phenoxy) is 3. The van der Waals surface area contributed by atoms with Crippen molar-refractivity contribution in [1.29, 1.82) is 0 Å². The maximum atomic E-state index is 12.6. The van der Waals surface area contributed by atoms with Gasteiger partial charge in [-0.05, 0) is 42.0 Å². The van der Waals surface area contributed by atoms with E-state index >= 15 is 0 Å². The highest BCUT2D eigenvalue weighted by Gasteiger charge is 2.29. The molecule has 1 aliphatic carbocycles. The number of benzene rings is 2. The highest BCUT2D eigenvalue weighted by Crippen LogP contribution is 2.44. The quantitative estimate of drug-likeness (QED) is 0.522. The number of aromatic nitrogens is 2. The maximum absolute atomic E-state index is 12.6. The van der Waals surface area contributed by atoms with Gasteiger partial charge < -0.3 is 19.5 Å². The molecule has 29 heavy (non-hydrogen) atoms. The van der Waals surface area contributed by atoms with E-state index in [0.29, 0.717) is 29.2 Å². The van der Waals surface area contributed by atoms with Crippen LogP contribution in [0.5, 0.6) is 17.2 Å². The van der Waals surface area contributed by atoms with Crippen molar-refractivity contribution in [3.05, 3.63) is 52.7 Å². The summed E-state index contributed by atoms with van der Waals surface area (Å²) in [6.45, 7) is 0. The monoisotopic (exact) mass is 389 g/mol. The Morgan fingerprint density at radius 2 is 1.79 bits per heavy atom. The van der Waals surface area contributed by atoms with Gasteiger partial charge in [0.2, 0.25) is 0 Å². The first kappa shape index (κ1) is 17.4. The minimum atomic E-state index is -0.143. The summed E-state index contributed by atoms with van der Waals surface area (Å²) in [7, 11) is 4.85. The van der Waals surface area contributed by atoms with Crippen LogP contribution in [0.2, 0.25) is 0 Å². The van der Waals surface area contributed by atoms with Gasteiger partial charge in [0.15, 0.2) is 11.5 Å². The van der Waals surface area contributed by atoms with Gasteiger partial charge in [0.1, 0.15) is 5.75 Å². The van der Waals surface area contributed by atoms with Crippen molar-refractivity contribution >= 4 is 23.2 Å². The summed E-state index contributed by atoms with van der Waals surface area (Å²) in [5.41, 5.74) is 7.03. The van der Waals surface area contributed by atoms with E-state index in [9.17, 15) is 4.79 Å². The molecule has 5 rings (SSSR count). The molecule has 1 aromatic heterocycles. The lowest BCUT2D eigenvalue weighted by Gasteiger charge is -2.09. The normalized spacial score (nSPS) is 15.0. The van der Waals surface area contributed by atoms with Crippen LogP contribution in [0.4, 0.5) is 5.69 Å². The van der Waals surface area contributed by atoms with E-state index in [1.807, 2.05) is 36.4 Å². The van der Waals surface area contributed by atoms with Crippen molar-refractivity contribution in [2.24, 2.45) is 0 Å². The Hall–Kier alpha value is -3.74. The summed E-state index contributed by atoms with van der Waals surface area (Å²) >= 11 is 0. The Kier molecular flexibility index (Phi) is 3.84. The van der Waals surface area contributed by atoms with Crippen molar-refractivity contribution in [3.8, 4) is 28.5 Å². The minimum Gasteiger partial charge on any atom is -0.497 e. The largest absolute Gasteiger partial charge is 0.497 e. The van der Waals surface area contributed by atoms with E-state index in [2.05, 4.69) is 15.5 Å². The lowest BCUT2D eigenvalue weighted by Crippen LogP contribution is -2.03. The van der Waals surface area contributed by atoms with Crippen LogP contribution >= 0.6 is 0 Å². The van der Waals surface area contributed by atoms with Gasteiger partial charge in [-0.1, -0.05) is 0 Å². The zero-order valence-electron chi connectivity index (χ0n) is 16.3.